The fourth-order valence-electron chi connectivity index (χ4n) is 1.53. The summed E-state index contributed by atoms with van der Waals surface area (Å²) in [6, 6.07) is 2.59. The zero-order valence-electron chi connectivity index (χ0n) is 8.81. The molecule has 0 spiro atoms. The standard InChI is InChI=1S/C12H12F4/c1-3-8(4-2)9-5-10(12(14,15)16)7-11(13)6-9/h3,5-8H,1,4H2,2H3. The van der Waals surface area contributed by atoms with Gasteiger partial charge in [-0.3, -0.25) is 0 Å². The van der Waals surface area contributed by atoms with E-state index in [0.717, 1.165) is 12.1 Å². The van der Waals surface area contributed by atoms with Gasteiger partial charge >= 0.3 is 6.18 Å². The zero-order valence-corrected chi connectivity index (χ0v) is 8.81. The number of alkyl halides is 3. The predicted molar refractivity (Wildman–Crippen MR) is 54.6 cm³/mol. The second-order valence-corrected chi connectivity index (χ2v) is 3.52. The van der Waals surface area contributed by atoms with Crippen molar-refractivity contribution in [1.29, 1.82) is 0 Å². The van der Waals surface area contributed by atoms with Gasteiger partial charge in [0.05, 0.1) is 5.56 Å². The lowest BCUT2D eigenvalue weighted by Crippen LogP contribution is -2.07. The first-order valence-electron chi connectivity index (χ1n) is 4.88. The molecule has 0 fully saturated rings. The van der Waals surface area contributed by atoms with Crippen LogP contribution in [0.4, 0.5) is 17.6 Å². The Hall–Kier alpha value is -1.32. The van der Waals surface area contributed by atoms with Gasteiger partial charge in [0, 0.05) is 5.92 Å². The van der Waals surface area contributed by atoms with Crippen LogP contribution in [0.5, 0.6) is 0 Å². The summed E-state index contributed by atoms with van der Waals surface area (Å²) >= 11 is 0. The Labute approximate surface area is 91.6 Å². The molecule has 1 rings (SSSR count). The van der Waals surface area contributed by atoms with Crippen LogP contribution >= 0.6 is 0 Å². The zero-order chi connectivity index (χ0) is 12.3. The molecule has 88 valence electrons. The fraction of sp³-hybridized carbons (Fsp3) is 0.333. The molecule has 0 N–H and O–H groups in total. The van der Waals surface area contributed by atoms with E-state index >= 15 is 0 Å². The van der Waals surface area contributed by atoms with E-state index in [0.29, 0.717) is 18.1 Å². The summed E-state index contributed by atoms with van der Waals surface area (Å²) in [5.41, 5.74) is -0.646. The highest BCUT2D eigenvalue weighted by molar-refractivity contribution is 5.31. The summed E-state index contributed by atoms with van der Waals surface area (Å²) in [7, 11) is 0. The number of allylic oxidation sites excluding steroid dienone is 1. The lowest BCUT2D eigenvalue weighted by Gasteiger charge is -2.13. The number of hydrogen-bond acceptors (Lipinski definition) is 0. The lowest BCUT2D eigenvalue weighted by molar-refractivity contribution is -0.137. The summed E-state index contributed by atoms with van der Waals surface area (Å²) in [5.74, 6) is -1.12. The SMILES string of the molecule is C=CC(CC)c1cc(F)cc(C(F)(F)F)c1. The molecule has 0 nitrogen and oxygen atoms in total. The average Bonchev–Trinajstić information content (AvgIpc) is 2.17. The minimum absolute atomic E-state index is 0.253. The van der Waals surface area contributed by atoms with E-state index in [1.807, 2.05) is 6.92 Å². The van der Waals surface area contributed by atoms with E-state index < -0.39 is 17.6 Å². The smallest absolute Gasteiger partial charge is 0.207 e. The molecule has 0 saturated heterocycles. The number of halogens is 4. The van der Waals surface area contributed by atoms with Gasteiger partial charge in [0.15, 0.2) is 0 Å². The van der Waals surface area contributed by atoms with Gasteiger partial charge in [-0.25, -0.2) is 4.39 Å². The Morgan fingerprint density at radius 1 is 1.31 bits per heavy atom. The number of hydrogen-bond donors (Lipinski definition) is 0. The van der Waals surface area contributed by atoms with Gasteiger partial charge in [0.1, 0.15) is 5.82 Å². The molecule has 0 heterocycles. The van der Waals surface area contributed by atoms with Gasteiger partial charge in [-0.2, -0.15) is 13.2 Å². The number of rotatable bonds is 3. The van der Waals surface area contributed by atoms with Crippen molar-refractivity contribution in [3.8, 4) is 0 Å². The first kappa shape index (κ1) is 12.7. The van der Waals surface area contributed by atoms with Crippen LogP contribution in [0.15, 0.2) is 30.9 Å². The third-order valence-electron chi connectivity index (χ3n) is 2.40. The summed E-state index contributed by atoms with van der Waals surface area (Å²) in [6.07, 6.45) is -2.41. The van der Waals surface area contributed by atoms with Crippen LogP contribution in [-0.2, 0) is 6.18 Å². The molecule has 0 amide bonds. The molecule has 0 aromatic heterocycles. The van der Waals surface area contributed by atoms with Crippen LogP contribution in [0.25, 0.3) is 0 Å². The average molecular weight is 232 g/mol. The van der Waals surface area contributed by atoms with E-state index in [4.69, 9.17) is 0 Å². The van der Waals surface area contributed by atoms with Crippen LogP contribution in [-0.4, -0.2) is 0 Å². The lowest BCUT2D eigenvalue weighted by atomic mass is 9.95. The molecule has 0 saturated carbocycles. The molecule has 0 bridgehead atoms. The van der Waals surface area contributed by atoms with Crippen LogP contribution < -0.4 is 0 Å². The molecule has 1 unspecified atom stereocenters. The predicted octanol–water partition coefficient (Wildman–Crippen LogP) is 4.52. The van der Waals surface area contributed by atoms with E-state index in [1.165, 1.54) is 6.08 Å². The largest absolute Gasteiger partial charge is 0.416 e. The third kappa shape index (κ3) is 2.84. The molecule has 0 aliphatic rings. The Morgan fingerprint density at radius 2 is 1.94 bits per heavy atom. The molecule has 4 heteroatoms. The maximum Gasteiger partial charge on any atom is 0.416 e. The maximum absolute atomic E-state index is 13.1. The first-order valence-corrected chi connectivity index (χ1v) is 4.88. The van der Waals surface area contributed by atoms with E-state index in [-0.39, 0.29) is 5.92 Å². The second kappa shape index (κ2) is 4.68. The molecule has 1 aromatic rings. The molecule has 0 radical (unpaired) electrons. The van der Waals surface area contributed by atoms with Gasteiger partial charge in [-0.15, -0.1) is 6.58 Å². The van der Waals surface area contributed by atoms with Crippen molar-refractivity contribution in [2.45, 2.75) is 25.4 Å². The van der Waals surface area contributed by atoms with Crippen molar-refractivity contribution in [3.63, 3.8) is 0 Å². The minimum Gasteiger partial charge on any atom is -0.207 e. The summed E-state index contributed by atoms with van der Waals surface area (Å²) in [6.45, 7) is 5.34. The summed E-state index contributed by atoms with van der Waals surface area (Å²) in [4.78, 5) is 0. The Kier molecular flexibility index (Phi) is 3.73. The minimum atomic E-state index is -4.52. The second-order valence-electron chi connectivity index (χ2n) is 3.52. The topological polar surface area (TPSA) is 0 Å². The Bertz CT molecular complexity index is 379. The molecule has 0 aliphatic carbocycles. The van der Waals surface area contributed by atoms with Crippen LogP contribution in [0.3, 0.4) is 0 Å². The van der Waals surface area contributed by atoms with E-state index in [2.05, 4.69) is 6.58 Å². The van der Waals surface area contributed by atoms with E-state index in [9.17, 15) is 17.6 Å². The molecule has 1 atom stereocenters. The van der Waals surface area contributed by atoms with Crippen molar-refractivity contribution in [3.05, 3.63) is 47.8 Å². The van der Waals surface area contributed by atoms with Crippen molar-refractivity contribution in [1.82, 2.24) is 0 Å². The van der Waals surface area contributed by atoms with Gasteiger partial charge in [0.2, 0.25) is 0 Å². The van der Waals surface area contributed by atoms with Crippen molar-refractivity contribution in [2.75, 3.05) is 0 Å². The quantitative estimate of drug-likeness (QED) is 0.530. The molecule has 1 aromatic carbocycles. The molecule has 0 aliphatic heterocycles. The Balaban J connectivity index is 3.22. The normalized spacial score (nSPS) is 13.6. The molecular formula is C12H12F4. The van der Waals surface area contributed by atoms with Crippen molar-refractivity contribution in [2.24, 2.45) is 0 Å². The van der Waals surface area contributed by atoms with Gasteiger partial charge in [-0.1, -0.05) is 13.0 Å². The highest BCUT2D eigenvalue weighted by atomic mass is 19.4. The maximum atomic E-state index is 13.1. The van der Waals surface area contributed by atoms with E-state index in [1.54, 1.807) is 0 Å². The first-order chi connectivity index (χ1) is 7.38. The van der Waals surface area contributed by atoms with Crippen LogP contribution in [0.2, 0.25) is 0 Å². The third-order valence-corrected chi connectivity index (χ3v) is 2.40. The van der Waals surface area contributed by atoms with Crippen molar-refractivity contribution < 1.29 is 17.6 Å². The summed E-state index contributed by atoms with van der Waals surface area (Å²) in [5, 5.41) is 0. The summed E-state index contributed by atoms with van der Waals surface area (Å²) < 4.78 is 50.3. The highest BCUT2D eigenvalue weighted by Gasteiger charge is 2.31. The van der Waals surface area contributed by atoms with Gasteiger partial charge in [0.25, 0.3) is 0 Å². The van der Waals surface area contributed by atoms with Gasteiger partial charge < -0.3 is 0 Å². The Morgan fingerprint density at radius 3 is 2.38 bits per heavy atom. The highest BCUT2D eigenvalue weighted by Crippen LogP contribution is 2.32. The van der Waals surface area contributed by atoms with Gasteiger partial charge in [-0.05, 0) is 30.2 Å². The molecular weight excluding hydrogens is 220 g/mol. The number of benzene rings is 1. The van der Waals surface area contributed by atoms with Crippen molar-refractivity contribution >= 4 is 0 Å². The molecule has 16 heavy (non-hydrogen) atoms. The van der Waals surface area contributed by atoms with Crippen LogP contribution in [0.1, 0.15) is 30.4 Å². The van der Waals surface area contributed by atoms with Crippen LogP contribution in [0, 0.1) is 5.82 Å². The monoisotopic (exact) mass is 232 g/mol. The fourth-order valence-corrected chi connectivity index (χ4v) is 1.53.